The highest BCUT2D eigenvalue weighted by atomic mass is 127. The molecule has 0 spiro atoms. The van der Waals surface area contributed by atoms with Gasteiger partial charge in [-0.1, -0.05) is 40.8 Å². The van der Waals surface area contributed by atoms with E-state index in [0.717, 1.165) is 39.1 Å². The summed E-state index contributed by atoms with van der Waals surface area (Å²) in [6.45, 7) is 5.05. The third kappa shape index (κ3) is 5.96. The Balaban J connectivity index is 0.00000109. The number of ether oxygens (including phenoxy) is 1. The number of rotatable bonds is 5. The van der Waals surface area contributed by atoms with Gasteiger partial charge >= 0.3 is 6.01 Å². The van der Waals surface area contributed by atoms with Gasteiger partial charge in [0.15, 0.2) is 0 Å². The average molecular weight is 456 g/mol. The van der Waals surface area contributed by atoms with Crippen molar-refractivity contribution in [3.63, 3.8) is 0 Å². The number of methoxy groups -OCH3 is 1. The second-order valence-corrected chi connectivity index (χ2v) is 5.51. The Morgan fingerprint density at radius 3 is 2.36 bits per heavy atom. The summed E-state index contributed by atoms with van der Waals surface area (Å²) in [7, 11) is 1.53. The third-order valence-electron chi connectivity index (χ3n) is 4.01. The molecule has 1 aromatic heterocycles. The van der Waals surface area contributed by atoms with Crippen molar-refractivity contribution in [2.24, 2.45) is 0 Å². The number of para-hydroxylation sites is 1. The maximum Gasteiger partial charge on any atom is 0.321 e. The van der Waals surface area contributed by atoms with E-state index in [9.17, 15) is 0 Å². The van der Waals surface area contributed by atoms with Gasteiger partial charge in [0.1, 0.15) is 5.82 Å². The fourth-order valence-corrected chi connectivity index (χ4v) is 2.75. The van der Waals surface area contributed by atoms with Gasteiger partial charge in [0.2, 0.25) is 5.95 Å². The van der Waals surface area contributed by atoms with Crippen LogP contribution in [0.3, 0.4) is 0 Å². The maximum atomic E-state index is 5.66. The first-order valence-electron chi connectivity index (χ1n) is 8.19. The molecule has 1 aliphatic heterocycles. The predicted octanol–water partition coefficient (Wildman–Crippen LogP) is 1.88. The van der Waals surface area contributed by atoms with E-state index in [1.54, 1.807) is 0 Å². The molecular formula is C17H25IN6O. The van der Waals surface area contributed by atoms with Crippen molar-refractivity contribution in [2.45, 2.75) is 6.42 Å². The predicted molar refractivity (Wildman–Crippen MR) is 110 cm³/mol. The van der Waals surface area contributed by atoms with Gasteiger partial charge < -0.3 is 15.4 Å². The van der Waals surface area contributed by atoms with Gasteiger partial charge in [-0.05, 0) is 17.1 Å². The van der Waals surface area contributed by atoms with Crippen LogP contribution >= 0.6 is 22.6 Å². The van der Waals surface area contributed by atoms with E-state index in [2.05, 4.69) is 77.7 Å². The average Bonchev–Trinajstić information content (AvgIpc) is 2.68. The van der Waals surface area contributed by atoms with Crippen LogP contribution in [0.4, 0.5) is 11.6 Å². The van der Waals surface area contributed by atoms with Crippen molar-refractivity contribution < 1.29 is 4.74 Å². The van der Waals surface area contributed by atoms with E-state index in [1.165, 1.54) is 12.8 Å². The number of alkyl halides is 1. The first-order chi connectivity index (χ1) is 12.2. The lowest BCUT2D eigenvalue weighted by Crippen LogP contribution is -2.47. The van der Waals surface area contributed by atoms with Crippen molar-refractivity contribution >= 4 is 34.2 Å². The molecule has 0 amide bonds. The van der Waals surface area contributed by atoms with Crippen LogP contribution < -0.4 is 15.4 Å². The third-order valence-corrected chi connectivity index (χ3v) is 4.01. The standard InChI is InChI=1S/C16H22N6O.CH3I/c1-23-16-19-14(18-15(17)20-16)7-8-21-9-11-22(12-10-21)13-5-3-2-4-6-13;1-2/h2-6H,7-12H2,1H3,(H2,17,18,19,20);1H3. The minimum atomic E-state index is 0.209. The molecule has 1 aromatic carbocycles. The molecule has 136 valence electrons. The lowest BCUT2D eigenvalue weighted by molar-refractivity contribution is 0.259. The SMILES string of the molecule is CI.COc1nc(N)nc(CCN2CCN(c3ccccc3)CC2)n1. The molecule has 0 radical (unpaired) electrons. The van der Waals surface area contributed by atoms with Crippen LogP contribution in [-0.4, -0.2) is 64.6 Å². The molecule has 1 saturated heterocycles. The largest absolute Gasteiger partial charge is 0.467 e. The molecule has 7 nitrogen and oxygen atoms in total. The number of nitrogens with two attached hydrogens (primary N) is 1. The van der Waals surface area contributed by atoms with E-state index in [1.807, 2.05) is 4.93 Å². The molecule has 0 bridgehead atoms. The van der Waals surface area contributed by atoms with Crippen molar-refractivity contribution in [2.75, 3.05) is 55.4 Å². The number of anilines is 2. The zero-order chi connectivity index (χ0) is 18.1. The summed E-state index contributed by atoms with van der Waals surface area (Å²) in [4.78, 5) is 19.1. The Labute approximate surface area is 162 Å². The minimum absolute atomic E-state index is 0.209. The van der Waals surface area contributed by atoms with Crippen molar-refractivity contribution in [3.8, 4) is 6.01 Å². The fourth-order valence-electron chi connectivity index (χ4n) is 2.75. The van der Waals surface area contributed by atoms with Gasteiger partial charge in [-0.15, -0.1) is 0 Å². The molecule has 3 rings (SSSR count). The number of benzene rings is 1. The van der Waals surface area contributed by atoms with Gasteiger partial charge in [0.25, 0.3) is 0 Å². The lowest BCUT2D eigenvalue weighted by atomic mass is 10.2. The van der Waals surface area contributed by atoms with Crippen LogP contribution in [0.15, 0.2) is 30.3 Å². The van der Waals surface area contributed by atoms with Crippen LogP contribution in [0.1, 0.15) is 5.82 Å². The highest BCUT2D eigenvalue weighted by Crippen LogP contribution is 2.15. The first kappa shape index (κ1) is 19.6. The minimum Gasteiger partial charge on any atom is -0.467 e. The second kappa shape index (κ2) is 10.3. The summed E-state index contributed by atoms with van der Waals surface area (Å²) >= 11 is 2.15. The molecule has 0 unspecified atom stereocenters. The number of nitrogens with zero attached hydrogens (tertiary/aromatic N) is 5. The second-order valence-electron chi connectivity index (χ2n) is 5.51. The monoisotopic (exact) mass is 456 g/mol. The fraction of sp³-hybridized carbons (Fsp3) is 0.471. The Hall–Kier alpha value is -1.68. The molecule has 0 saturated carbocycles. The van der Waals surface area contributed by atoms with Crippen LogP contribution in [0, 0.1) is 0 Å². The van der Waals surface area contributed by atoms with Crippen LogP contribution in [-0.2, 0) is 6.42 Å². The topological polar surface area (TPSA) is 80.4 Å². The molecule has 2 N–H and O–H groups in total. The Morgan fingerprint density at radius 1 is 1.04 bits per heavy atom. The highest BCUT2D eigenvalue weighted by Gasteiger charge is 2.17. The Kier molecular flexibility index (Phi) is 8.13. The van der Waals surface area contributed by atoms with Crippen molar-refractivity contribution in [1.82, 2.24) is 19.9 Å². The van der Waals surface area contributed by atoms with Gasteiger partial charge in [-0.25, -0.2) is 0 Å². The Bertz CT molecular complexity index is 634. The summed E-state index contributed by atoms with van der Waals surface area (Å²) in [6, 6.07) is 10.8. The number of halogens is 1. The van der Waals surface area contributed by atoms with Gasteiger partial charge in [0.05, 0.1) is 7.11 Å². The highest BCUT2D eigenvalue weighted by molar-refractivity contribution is 14.1. The molecule has 0 aliphatic carbocycles. The van der Waals surface area contributed by atoms with Crippen molar-refractivity contribution in [3.05, 3.63) is 36.2 Å². The Morgan fingerprint density at radius 2 is 1.72 bits per heavy atom. The number of hydrogen-bond acceptors (Lipinski definition) is 7. The number of piperazine rings is 1. The molecule has 1 aliphatic rings. The van der Waals surface area contributed by atoms with E-state index in [0.29, 0.717) is 5.82 Å². The number of nitrogen functional groups attached to an aromatic ring is 1. The van der Waals surface area contributed by atoms with Gasteiger partial charge in [-0.2, -0.15) is 15.0 Å². The van der Waals surface area contributed by atoms with E-state index < -0.39 is 0 Å². The summed E-state index contributed by atoms with van der Waals surface area (Å²) in [5.74, 6) is 0.889. The summed E-state index contributed by atoms with van der Waals surface area (Å²) in [5, 5.41) is 0. The van der Waals surface area contributed by atoms with Crippen LogP contribution in [0.5, 0.6) is 6.01 Å². The number of hydrogen-bond donors (Lipinski definition) is 1. The zero-order valence-electron chi connectivity index (χ0n) is 14.7. The molecule has 0 atom stereocenters. The van der Waals surface area contributed by atoms with Crippen molar-refractivity contribution in [1.29, 1.82) is 0 Å². The van der Waals surface area contributed by atoms with E-state index in [4.69, 9.17) is 10.5 Å². The quantitative estimate of drug-likeness (QED) is 0.544. The molecule has 25 heavy (non-hydrogen) atoms. The molecule has 8 heteroatoms. The summed E-state index contributed by atoms with van der Waals surface area (Å²) < 4.78 is 5.03. The van der Waals surface area contributed by atoms with Crippen LogP contribution in [0.25, 0.3) is 0 Å². The number of aromatic nitrogens is 3. The summed E-state index contributed by atoms with van der Waals surface area (Å²) in [6.07, 6.45) is 0.744. The van der Waals surface area contributed by atoms with Crippen LogP contribution in [0.2, 0.25) is 0 Å². The smallest absolute Gasteiger partial charge is 0.321 e. The van der Waals surface area contributed by atoms with E-state index >= 15 is 0 Å². The molecule has 2 heterocycles. The van der Waals surface area contributed by atoms with E-state index in [-0.39, 0.29) is 12.0 Å². The maximum absolute atomic E-state index is 5.66. The molecule has 2 aromatic rings. The molecule has 1 fully saturated rings. The normalized spacial score (nSPS) is 14.6. The van der Waals surface area contributed by atoms with Gasteiger partial charge in [-0.3, -0.25) is 4.90 Å². The first-order valence-corrected chi connectivity index (χ1v) is 10.3. The summed E-state index contributed by atoms with van der Waals surface area (Å²) in [5.41, 5.74) is 6.96. The van der Waals surface area contributed by atoms with Gasteiger partial charge in [0, 0.05) is 44.8 Å². The zero-order valence-corrected chi connectivity index (χ0v) is 16.9. The molecular weight excluding hydrogens is 431 g/mol. The lowest BCUT2D eigenvalue weighted by Gasteiger charge is -2.36.